The molecule has 0 aromatic heterocycles. The highest BCUT2D eigenvalue weighted by Crippen LogP contribution is 2.40. The molecule has 7 heteroatoms. The fourth-order valence-corrected chi connectivity index (χ4v) is 5.00. The van der Waals surface area contributed by atoms with Gasteiger partial charge in [-0.15, -0.1) is 0 Å². The van der Waals surface area contributed by atoms with Gasteiger partial charge < -0.3 is 14.9 Å². The van der Waals surface area contributed by atoms with E-state index in [2.05, 4.69) is 0 Å². The Bertz CT molecular complexity index is 460. The van der Waals surface area contributed by atoms with E-state index in [4.69, 9.17) is 0 Å². The van der Waals surface area contributed by atoms with Crippen LogP contribution in [0.5, 0.6) is 0 Å². The van der Waals surface area contributed by atoms with Gasteiger partial charge >= 0.3 is 12.0 Å². The lowest BCUT2D eigenvalue weighted by Gasteiger charge is -2.37. The Labute approximate surface area is 126 Å². The third kappa shape index (κ3) is 2.80. The van der Waals surface area contributed by atoms with Crippen molar-refractivity contribution in [1.29, 1.82) is 0 Å². The molecule has 2 aliphatic heterocycles. The monoisotopic (exact) mass is 314 g/mol. The molecule has 0 aromatic rings. The number of urea groups is 1. The van der Waals surface area contributed by atoms with Crippen molar-refractivity contribution in [3.8, 4) is 0 Å². The van der Waals surface area contributed by atoms with Gasteiger partial charge in [0.15, 0.2) is 0 Å². The second kappa shape index (κ2) is 5.94. The number of hydrogen-bond donors (Lipinski definition) is 1. The number of likely N-dealkylation sites (tertiary alicyclic amines) is 1. The SMILES string of the molecule is O=C(O)C1CC2CCCCC2N1C(=O)N1CCS(=O)CC1. The van der Waals surface area contributed by atoms with Gasteiger partial charge in [-0.1, -0.05) is 12.8 Å². The average molecular weight is 314 g/mol. The summed E-state index contributed by atoms with van der Waals surface area (Å²) >= 11 is 0. The van der Waals surface area contributed by atoms with Crippen LogP contribution in [0.25, 0.3) is 0 Å². The van der Waals surface area contributed by atoms with Crippen molar-refractivity contribution < 1.29 is 18.9 Å². The minimum absolute atomic E-state index is 0.0831. The molecule has 118 valence electrons. The van der Waals surface area contributed by atoms with Crippen LogP contribution in [0.4, 0.5) is 4.79 Å². The molecule has 2 amide bonds. The number of rotatable bonds is 1. The molecule has 3 fully saturated rings. The molecule has 1 aliphatic carbocycles. The van der Waals surface area contributed by atoms with Gasteiger partial charge in [0.05, 0.1) is 0 Å². The number of carbonyl (C=O) groups is 2. The van der Waals surface area contributed by atoms with Gasteiger partial charge in [-0.05, 0) is 25.2 Å². The smallest absolute Gasteiger partial charge is 0.326 e. The van der Waals surface area contributed by atoms with E-state index in [-0.39, 0.29) is 12.1 Å². The largest absolute Gasteiger partial charge is 0.480 e. The summed E-state index contributed by atoms with van der Waals surface area (Å²) in [4.78, 5) is 27.6. The van der Waals surface area contributed by atoms with Gasteiger partial charge in [0, 0.05) is 41.4 Å². The van der Waals surface area contributed by atoms with E-state index in [0.29, 0.717) is 36.9 Å². The minimum atomic E-state index is -0.890. The fourth-order valence-electron chi connectivity index (χ4n) is 3.95. The van der Waals surface area contributed by atoms with Crippen LogP contribution in [0.15, 0.2) is 0 Å². The lowest BCUT2D eigenvalue weighted by atomic mass is 9.85. The van der Waals surface area contributed by atoms with Crippen LogP contribution in [0.2, 0.25) is 0 Å². The van der Waals surface area contributed by atoms with E-state index < -0.39 is 22.8 Å². The highest BCUT2D eigenvalue weighted by molar-refractivity contribution is 7.85. The molecule has 3 unspecified atom stereocenters. The number of carbonyl (C=O) groups excluding carboxylic acids is 1. The molecule has 3 aliphatic rings. The standard InChI is InChI=1S/C14H22N2O4S/c17-13(18)12-9-10-3-1-2-4-11(10)16(12)14(19)15-5-7-21(20)8-6-15/h10-12H,1-9H2,(H,17,18). The summed E-state index contributed by atoms with van der Waals surface area (Å²) in [6.07, 6.45) is 4.74. The predicted octanol–water partition coefficient (Wildman–Crippen LogP) is 0.888. The molecule has 6 nitrogen and oxygen atoms in total. The molecule has 1 N–H and O–H groups in total. The van der Waals surface area contributed by atoms with E-state index >= 15 is 0 Å². The Kier molecular flexibility index (Phi) is 4.19. The molecule has 0 bridgehead atoms. The fraction of sp³-hybridized carbons (Fsp3) is 0.857. The van der Waals surface area contributed by atoms with Crippen LogP contribution in [-0.2, 0) is 15.6 Å². The molecule has 21 heavy (non-hydrogen) atoms. The maximum Gasteiger partial charge on any atom is 0.326 e. The first-order valence-electron chi connectivity index (χ1n) is 7.73. The van der Waals surface area contributed by atoms with Gasteiger partial charge in [0.25, 0.3) is 0 Å². The van der Waals surface area contributed by atoms with Crippen molar-refractivity contribution in [2.75, 3.05) is 24.6 Å². The number of amides is 2. The van der Waals surface area contributed by atoms with Crippen molar-refractivity contribution in [2.24, 2.45) is 5.92 Å². The topological polar surface area (TPSA) is 77.9 Å². The molecular formula is C14H22N2O4S. The van der Waals surface area contributed by atoms with Crippen LogP contribution in [0.1, 0.15) is 32.1 Å². The Morgan fingerprint density at radius 1 is 1.10 bits per heavy atom. The predicted molar refractivity (Wildman–Crippen MR) is 78.5 cm³/mol. The van der Waals surface area contributed by atoms with E-state index in [1.807, 2.05) is 0 Å². The quantitative estimate of drug-likeness (QED) is 0.779. The maximum absolute atomic E-state index is 12.8. The Hall–Kier alpha value is -1.11. The Morgan fingerprint density at radius 3 is 2.43 bits per heavy atom. The van der Waals surface area contributed by atoms with Crippen molar-refractivity contribution >= 4 is 22.8 Å². The molecule has 1 saturated carbocycles. The molecular weight excluding hydrogens is 292 g/mol. The lowest BCUT2D eigenvalue weighted by molar-refractivity contribution is -0.141. The molecule has 0 radical (unpaired) electrons. The van der Waals surface area contributed by atoms with E-state index in [0.717, 1.165) is 25.7 Å². The number of nitrogens with zero attached hydrogens (tertiary/aromatic N) is 2. The van der Waals surface area contributed by atoms with Crippen LogP contribution < -0.4 is 0 Å². The van der Waals surface area contributed by atoms with Gasteiger partial charge in [-0.3, -0.25) is 4.21 Å². The van der Waals surface area contributed by atoms with Gasteiger partial charge in [0.1, 0.15) is 6.04 Å². The summed E-state index contributed by atoms with van der Waals surface area (Å²) in [5.41, 5.74) is 0. The minimum Gasteiger partial charge on any atom is -0.480 e. The third-order valence-corrected chi connectivity index (χ3v) is 6.32. The first-order valence-corrected chi connectivity index (χ1v) is 9.21. The van der Waals surface area contributed by atoms with Crippen LogP contribution in [-0.4, -0.2) is 67.8 Å². The highest BCUT2D eigenvalue weighted by atomic mass is 32.2. The van der Waals surface area contributed by atoms with Crippen LogP contribution >= 0.6 is 0 Å². The van der Waals surface area contributed by atoms with Gasteiger partial charge in [0.2, 0.25) is 0 Å². The van der Waals surface area contributed by atoms with Crippen molar-refractivity contribution in [2.45, 2.75) is 44.2 Å². The van der Waals surface area contributed by atoms with E-state index in [1.54, 1.807) is 9.80 Å². The average Bonchev–Trinajstić information content (AvgIpc) is 2.87. The zero-order valence-electron chi connectivity index (χ0n) is 12.1. The second-order valence-corrected chi connectivity index (χ2v) is 7.92. The van der Waals surface area contributed by atoms with Crippen LogP contribution in [0, 0.1) is 5.92 Å². The lowest BCUT2D eigenvalue weighted by Crippen LogP contribution is -2.54. The van der Waals surface area contributed by atoms with Crippen molar-refractivity contribution in [3.63, 3.8) is 0 Å². The summed E-state index contributed by atoms with van der Waals surface area (Å²) < 4.78 is 11.4. The third-order valence-electron chi connectivity index (χ3n) is 5.04. The number of hydrogen-bond acceptors (Lipinski definition) is 3. The van der Waals surface area contributed by atoms with Crippen molar-refractivity contribution in [3.05, 3.63) is 0 Å². The normalized spacial score (nSPS) is 33.8. The maximum atomic E-state index is 12.8. The summed E-state index contributed by atoms with van der Waals surface area (Å²) in [6, 6.07) is -0.758. The molecule has 3 rings (SSSR count). The zero-order valence-corrected chi connectivity index (χ0v) is 12.9. The van der Waals surface area contributed by atoms with Gasteiger partial charge in [-0.2, -0.15) is 0 Å². The second-order valence-electron chi connectivity index (χ2n) is 6.23. The summed E-state index contributed by atoms with van der Waals surface area (Å²) in [5.74, 6) is 0.456. The zero-order chi connectivity index (χ0) is 15.0. The van der Waals surface area contributed by atoms with Crippen LogP contribution in [0.3, 0.4) is 0 Å². The first kappa shape index (κ1) is 14.8. The molecule has 0 spiro atoms. The highest BCUT2D eigenvalue weighted by Gasteiger charge is 2.48. The van der Waals surface area contributed by atoms with E-state index in [9.17, 15) is 18.9 Å². The number of carboxylic acid groups (broad SMARTS) is 1. The van der Waals surface area contributed by atoms with Crippen molar-refractivity contribution in [1.82, 2.24) is 9.80 Å². The number of fused-ring (bicyclic) bond motifs is 1. The number of aliphatic carboxylic acids is 1. The summed E-state index contributed by atoms with van der Waals surface area (Å²) in [6.45, 7) is 0.956. The van der Waals surface area contributed by atoms with E-state index in [1.165, 1.54) is 0 Å². The molecule has 2 heterocycles. The first-order chi connectivity index (χ1) is 10.1. The number of carboxylic acids is 1. The Morgan fingerprint density at radius 2 is 1.76 bits per heavy atom. The molecule has 0 aromatic carbocycles. The molecule has 3 atom stereocenters. The molecule has 2 saturated heterocycles. The summed E-state index contributed by atoms with van der Waals surface area (Å²) in [5, 5.41) is 9.46. The Balaban J connectivity index is 1.77. The summed E-state index contributed by atoms with van der Waals surface area (Å²) in [7, 11) is -0.833. The van der Waals surface area contributed by atoms with Gasteiger partial charge in [-0.25, -0.2) is 9.59 Å².